The van der Waals surface area contributed by atoms with Crippen molar-refractivity contribution in [2.24, 2.45) is 0 Å². The molecule has 2 aromatic rings. The number of carbonyl (C=O) groups is 1. The van der Waals surface area contributed by atoms with E-state index in [0.29, 0.717) is 17.0 Å². The number of aryl methyl sites for hydroxylation is 3. The van der Waals surface area contributed by atoms with E-state index in [-0.39, 0.29) is 5.78 Å². The Hall–Kier alpha value is -1.12. The Morgan fingerprint density at radius 3 is 2.20 bits per heavy atom. The number of carbonyl (C=O) groups excluding carboxylic acids is 1. The minimum atomic E-state index is 0.0863. The average Bonchev–Trinajstić information content (AvgIpc) is 2.32. The second-order valence-corrected chi connectivity index (χ2v) is 6.49. The molecule has 0 aliphatic carbocycles. The van der Waals surface area contributed by atoms with Crippen molar-refractivity contribution in [1.82, 2.24) is 0 Å². The topological polar surface area (TPSA) is 17.1 Å². The summed E-state index contributed by atoms with van der Waals surface area (Å²) >= 11 is 9.37. The molecule has 0 saturated heterocycles. The van der Waals surface area contributed by atoms with Crippen LogP contribution in [0.3, 0.4) is 0 Å². The van der Waals surface area contributed by atoms with E-state index in [0.717, 1.165) is 21.2 Å². The van der Waals surface area contributed by atoms with Crippen molar-refractivity contribution in [2.45, 2.75) is 27.2 Å². The molecule has 0 atom stereocenters. The third-order valence-corrected chi connectivity index (χ3v) is 4.04. The largest absolute Gasteiger partial charge is 0.294 e. The lowest BCUT2D eigenvalue weighted by molar-refractivity contribution is 0.0992. The Morgan fingerprint density at radius 1 is 1.05 bits per heavy atom. The minimum absolute atomic E-state index is 0.0863. The van der Waals surface area contributed by atoms with Crippen LogP contribution in [-0.4, -0.2) is 5.78 Å². The number of Topliss-reactive ketones (excluding diaryl/α,β-unsaturated/α-hetero) is 1. The van der Waals surface area contributed by atoms with E-state index in [9.17, 15) is 4.79 Å². The highest BCUT2D eigenvalue weighted by Gasteiger charge is 2.12. The zero-order valence-corrected chi connectivity index (χ0v) is 14.1. The Balaban J connectivity index is 2.32. The van der Waals surface area contributed by atoms with Gasteiger partial charge in [-0.2, -0.15) is 0 Å². The van der Waals surface area contributed by atoms with E-state index in [1.165, 1.54) is 5.56 Å². The van der Waals surface area contributed by atoms with Gasteiger partial charge >= 0.3 is 0 Å². The van der Waals surface area contributed by atoms with Crippen LogP contribution in [0, 0.1) is 20.8 Å². The summed E-state index contributed by atoms with van der Waals surface area (Å²) in [5, 5.41) is 0.570. The minimum Gasteiger partial charge on any atom is -0.294 e. The first kappa shape index (κ1) is 15.3. The van der Waals surface area contributed by atoms with E-state index in [2.05, 4.69) is 48.8 Å². The number of hydrogen-bond acceptors (Lipinski definition) is 1. The number of ketones is 1. The van der Waals surface area contributed by atoms with Gasteiger partial charge in [0.15, 0.2) is 5.78 Å². The van der Waals surface area contributed by atoms with Crippen LogP contribution in [-0.2, 0) is 6.42 Å². The van der Waals surface area contributed by atoms with Gasteiger partial charge in [-0.05, 0) is 55.7 Å². The van der Waals surface area contributed by atoms with Crippen LogP contribution in [0.5, 0.6) is 0 Å². The second-order valence-electron chi connectivity index (χ2n) is 5.14. The van der Waals surface area contributed by atoms with E-state index in [1.54, 1.807) is 12.1 Å². The molecule has 0 radical (unpaired) electrons. The summed E-state index contributed by atoms with van der Waals surface area (Å²) in [5.41, 5.74) is 5.30. The fourth-order valence-corrected chi connectivity index (χ4v) is 3.33. The molecule has 3 heteroatoms. The van der Waals surface area contributed by atoms with Gasteiger partial charge in [-0.3, -0.25) is 4.79 Å². The first-order valence-corrected chi connectivity index (χ1v) is 7.60. The van der Waals surface area contributed by atoms with Crippen molar-refractivity contribution in [3.8, 4) is 0 Å². The van der Waals surface area contributed by atoms with Gasteiger partial charge in [0.1, 0.15) is 0 Å². The first-order valence-electron chi connectivity index (χ1n) is 6.43. The quantitative estimate of drug-likeness (QED) is 0.672. The van der Waals surface area contributed by atoms with Crippen molar-refractivity contribution in [2.75, 3.05) is 0 Å². The van der Waals surface area contributed by atoms with Crippen LogP contribution >= 0.6 is 27.5 Å². The normalized spacial score (nSPS) is 10.7. The van der Waals surface area contributed by atoms with Crippen LogP contribution in [0.1, 0.15) is 32.6 Å². The summed E-state index contributed by atoms with van der Waals surface area (Å²) in [6, 6.07) is 9.54. The SMILES string of the molecule is Cc1cc(C)c(CC(=O)c2cc(Cl)cc(Br)c2)c(C)c1. The summed E-state index contributed by atoms with van der Waals surface area (Å²) in [5.74, 6) is 0.0863. The molecule has 0 unspecified atom stereocenters. The van der Waals surface area contributed by atoms with Gasteiger partial charge in [0.05, 0.1) is 0 Å². The fraction of sp³-hybridized carbons (Fsp3) is 0.235. The lowest BCUT2D eigenvalue weighted by atomic mass is 9.94. The average molecular weight is 352 g/mol. The smallest absolute Gasteiger partial charge is 0.167 e. The van der Waals surface area contributed by atoms with E-state index < -0.39 is 0 Å². The third kappa shape index (κ3) is 3.50. The number of halogens is 2. The second kappa shape index (κ2) is 6.11. The maximum absolute atomic E-state index is 12.4. The molecule has 0 saturated carbocycles. The van der Waals surface area contributed by atoms with Gasteiger partial charge in [-0.25, -0.2) is 0 Å². The number of rotatable bonds is 3. The highest BCUT2D eigenvalue weighted by molar-refractivity contribution is 9.10. The number of benzene rings is 2. The molecule has 0 heterocycles. The molecule has 0 amide bonds. The van der Waals surface area contributed by atoms with Crippen molar-refractivity contribution in [1.29, 1.82) is 0 Å². The molecule has 0 N–H and O–H groups in total. The van der Waals surface area contributed by atoms with Gasteiger partial charge in [-0.15, -0.1) is 0 Å². The molecule has 0 bridgehead atoms. The Kier molecular flexibility index (Phi) is 4.66. The van der Waals surface area contributed by atoms with Crippen LogP contribution in [0.25, 0.3) is 0 Å². The fourth-order valence-electron chi connectivity index (χ4n) is 2.47. The maximum atomic E-state index is 12.4. The molecule has 0 aliphatic rings. The highest BCUT2D eigenvalue weighted by Crippen LogP contribution is 2.23. The summed E-state index contributed by atoms with van der Waals surface area (Å²) in [6.45, 7) is 6.17. The summed E-state index contributed by atoms with van der Waals surface area (Å²) in [6.07, 6.45) is 0.407. The molecule has 0 aliphatic heterocycles. The standard InChI is InChI=1S/C17H16BrClO/c1-10-4-11(2)16(12(3)5-10)9-17(20)13-6-14(18)8-15(19)7-13/h4-8H,9H2,1-3H3. The number of hydrogen-bond donors (Lipinski definition) is 0. The molecular formula is C17H16BrClO. The van der Waals surface area contributed by atoms with Crippen LogP contribution in [0.2, 0.25) is 5.02 Å². The predicted molar refractivity (Wildman–Crippen MR) is 87.8 cm³/mol. The molecule has 0 fully saturated rings. The Morgan fingerprint density at radius 2 is 1.65 bits per heavy atom. The molecule has 2 aromatic carbocycles. The molecule has 0 aromatic heterocycles. The summed E-state index contributed by atoms with van der Waals surface area (Å²) in [7, 11) is 0. The summed E-state index contributed by atoms with van der Waals surface area (Å²) in [4.78, 5) is 12.4. The van der Waals surface area contributed by atoms with Crippen molar-refractivity contribution >= 4 is 33.3 Å². The zero-order chi connectivity index (χ0) is 14.9. The Labute approximate surface area is 133 Å². The molecule has 104 valence electrons. The molecule has 2 rings (SSSR count). The third-order valence-electron chi connectivity index (χ3n) is 3.36. The lowest BCUT2D eigenvalue weighted by Crippen LogP contribution is -2.07. The summed E-state index contributed by atoms with van der Waals surface area (Å²) < 4.78 is 0.825. The van der Waals surface area contributed by atoms with Gasteiger partial charge in [-0.1, -0.05) is 45.2 Å². The molecule has 20 heavy (non-hydrogen) atoms. The lowest BCUT2D eigenvalue weighted by Gasteiger charge is -2.11. The van der Waals surface area contributed by atoms with Gasteiger partial charge < -0.3 is 0 Å². The van der Waals surface area contributed by atoms with Gasteiger partial charge in [0.25, 0.3) is 0 Å². The van der Waals surface area contributed by atoms with Crippen LogP contribution in [0.4, 0.5) is 0 Å². The predicted octanol–water partition coefficient (Wildman–Crippen LogP) is 5.45. The van der Waals surface area contributed by atoms with Crippen molar-refractivity contribution in [3.63, 3.8) is 0 Å². The zero-order valence-electron chi connectivity index (χ0n) is 11.8. The molecular weight excluding hydrogens is 336 g/mol. The first-order chi connectivity index (χ1) is 9.36. The van der Waals surface area contributed by atoms with Crippen LogP contribution < -0.4 is 0 Å². The van der Waals surface area contributed by atoms with E-state index in [1.807, 2.05) is 6.07 Å². The van der Waals surface area contributed by atoms with Crippen molar-refractivity contribution < 1.29 is 4.79 Å². The van der Waals surface area contributed by atoms with Gasteiger partial charge in [0, 0.05) is 21.5 Å². The molecule has 1 nitrogen and oxygen atoms in total. The van der Waals surface area contributed by atoms with Crippen LogP contribution in [0.15, 0.2) is 34.8 Å². The Bertz CT molecular complexity index is 633. The van der Waals surface area contributed by atoms with Gasteiger partial charge in [0.2, 0.25) is 0 Å². The van der Waals surface area contributed by atoms with E-state index >= 15 is 0 Å². The monoisotopic (exact) mass is 350 g/mol. The maximum Gasteiger partial charge on any atom is 0.167 e. The van der Waals surface area contributed by atoms with Crippen molar-refractivity contribution in [3.05, 3.63) is 67.6 Å². The van der Waals surface area contributed by atoms with E-state index in [4.69, 9.17) is 11.6 Å². The molecule has 0 spiro atoms. The highest BCUT2D eigenvalue weighted by atomic mass is 79.9.